The van der Waals surface area contributed by atoms with Crippen LogP contribution in [0.15, 0.2) is 63.4 Å². The maximum Gasteiger partial charge on any atom is 0.267 e. The molecular weight excluding hydrogens is 550 g/mol. The number of carbonyl (C=O) groups excluding carboxylic acids is 1. The number of nitrogens with one attached hydrogen (secondary N) is 1. The number of hydrogen-bond acceptors (Lipinski definition) is 9. The number of benzene rings is 2. The molecule has 2 aromatic carbocycles. The van der Waals surface area contributed by atoms with Crippen molar-refractivity contribution in [3.8, 4) is 5.75 Å². The van der Waals surface area contributed by atoms with Gasteiger partial charge >= 0.3 is 0 Å². The summed E-state index contributed by atoms with van der Waals surface area (Å²) in [6.07, 6.45) is 3.64. The monoisotopic (exact) mass is 579 g/mol. The molecule has 6 N–H and O–H groups in total. The first-order chi connectivity index (χ1) is 19.1. The lowest BCUT2D eigenvalue weighted by Crippen LogP contribution is -2.42. The highest BCUT2D eigenvalue weighted by molar-refractivity contribution is 7.99. The number of rotatable bonds is 6. The molecule has 2 aromatic heterocycles. The van der Waals surface area contributed by atoms with Gasteiger partial charge in [0, 0.05) is 30.4 Å². The van der Waals surface area contributed by atoms with Crippen LogP contribution in [0.4, 0.5) is 17.3 Å². The van der Waals surface area contributed by atoms with Gasteiger partial charge in [-0.05, 0) is 49.1 Å². The number of anilines is 3. The quantitative estimate of drug-likeness (QED) is 0.263. The highest BCUT2D eigenvalue weighted by Crippen LogP contribution is 2.39. The van der Waals surface area contributed by atoms with Crippen molar-refractivity contribution in [1.29, 1.82) is 0 Å². The third-order valence-electron chi connectivity index (χ3n) is 7.46. The van der Waals surface area contributed by atoms with E-state index in [1.54, 1.807) is 55.7 Å². The van der Waals surface area contributed by atoms with E-state index in [4.69, 9.17) is 23.1 Å². The van der Waals surface area contributed by atoms with Gasteiger partial charge in [-0.1, -0.05) is 48.5 Å². The normalized spacial score (nSPS) is 14.8. The topological polar surface area (TPSA) is 152 Å². The number of aromatic hydroxyl groups is 1. The predicted molar refractivity (Wildman–Crippen MR) is 159 cm³/mol. The molecule has 0 aliphatic carbocycles. The molecule has 4 aromatic rings. The number of fused-ring (bicyclic) bond motifs is 1. The first-order valence-electron chi connectivity index (χ1n) is 12.8. The van der Waals surface area contributed by atoms with Gasteiger partial charge in [-0.25, -0.2) is 9.97 Å². The number of para-hydroxylation sites is 1. The van der Waals surface area contributed by atoms with Gasteiger partial charge in [-0.15, -0.1) is 0 Å². The fourth-order valence-electron chi connectivity index (χ4n) is 4.75. The summed E-state index contributed by atoms with van der Waals surface area (Å²) < 4.78 is 1.32. The molecule has 40 heavy (non-hydrogen) atoms. The zero-order valence-corrected chi connectivity index (χ0v) is 23.7. The molecule has 1 saturated heterocycles. The number of amides is 1. The van der Waals surface area contributed by atoms with Gasteiger partial charge < -0.3 is 31.4 Å². The third kappa shape index (κ3) is 5.19. The zero-order valence-electron chi connectivity index (χ0n) is 22.1. The van der Waals surface area contributed by atoms with Crippen molar-refractivity contribution in [2.75, 3.05) is 35.6 Å². The average molecular weight is 580 g/mol. The van der Waals surface area contributed by atoms with Crippen molar-refractivity contribution in [2.45, 2.75) is 29.7 Å². The molecule has 12 heteroatoms. The van der Waals surface area contributed by atoms with E-state index in [-0.39, 0.29) is 33.3 Å². The van der Waals surface area contributed by atoms with Crippen LogP contribution in [-0.4, -0.2) is 45.2 Å². The van der Waals surface area contributed by atoms with Gasteiger partial charge in [0.1, 0.15) is 22.2 Å². The van der Waals surface area contributed by atoms with Crippen LogP contribution in [0.3, 0.4) is 0 Å². The summed E-state index contributed by atoms with van der Waals surface area (Å²) in [7, 11) is 1.55. The predicted octanol–water partition coefficient (Wildman–Crippen LogP) is 4.24. The van der Waals surface area contributed by atoms with Crippen LogP contribution < -0.4 is 27.2 Å². The molecule has 0 saturated carbocycles. The van der Waals surface area contributed by atoms with E-state index in [0.717, 1.165) is 25.9 Å². The van der Waals surface area contributed by atoms with E-state index in [0.29, 0.717) is 33.2 Å². The van der Waals surface area contributed by atoms with Crippen molar-refractivity contribution >= 4 is 57.5 Å². The minimum absolute atomic E-state index is 0.141. The maximum absolute atomic E-state index is 13.2. The van der Waals surface area contributed by atoms with E-state index < -0.39 is 11.5 Å². The molecule has 1 amide bonds. The van der Waals surface area contributed by atoms with Gasteiger partial charge in [0.2, 0.25) is 0 Å². The molecule has 208 valence electrons. The molecule has 3 heterocycles. The fraction of sp³-hybridized carbons (Fsp3) is 0.286. The lowest BCUT2D eigenvalue weighted by atomic mass is 9.80. The summed E-state index contributed by atoms with van der Waals surface area (Å²) in [5.74, 6) is -0.180. The number of halogens is 1. The largest absolute Gasteiger partial charge is 0.506 e. The minimum atomic E-state index is -0.774. The Labute approximate surface area is 240 Å². The summed E-state index contributed by atoms with van der Waals surface area (Å²) in [5.41, 5.74) is 12.1. The number of piperidine rings is 1. The lowest BCUT2D eigenvalue weighted by Gasteiger charge is -2.39. The van der Waals surface area contributed by atoms with Crippen molar-refractivity contribution in [3.63, 3.8) is 0 Å². The highest BCUT2D eigenvalue weighted by Gasteiger charge is 2.29. The number of pyridine rings is 1. The Morgan fingerprint density at radius 2 is 1.93 bits per heavy atom. The second-order valence-corrected chi connectivity index (χ2v) is 11.6. The van der Waals surface area contributed by atoms with E-state index in [9.17, 15) is 14.7 Å². The van der Waals surface area contributed by atoms with Crippen LogP contribution in [0.5, 0.6) is 5.75 Å². The molecule has 5 rings (SSSR count). The van der Waals surface area contributed by atoms with Crippen LogP contribution in [-0.2, 0) is 7.05 Å². The molecule has 0 radical (unpaired) electrons. The lowest BCUT2D eigenvalue weighted by molar-refractivity contribution is 0.102. The number of nitrogens with two attached hydrogens (primary N) is 2. The van der Waals surface area contributed by atoms with Crippen LogP contribution >= 0.6 is 23.4 Å². The standard InChI is InChI=1S/C28H30ClN7O3S/c1-28(15-30)10-12-36(13-11-28)20-14-32-26(24(31)34-20)40-19-9-5-7-17(22(19)29)33-25(38)21-23(37)16-6-3-4-8-18(16)35(2)27(21)39/h3-9,14,37H,10-13,15,30H2,1-2H3,(H2,31,34)(H,33,38). The summed E-state index contributed by atoms with van der Waals surface area (Å²) in [5, 5.41) is 14.5. The smallest absolute Gasteiger partial charge is 0.267 e. The third-order valence-corrected chi connectivity index (χ3v) is 9.05. The highest BCUT2D eigenvalue weighted by atomic mass is 35.5. The minimum Gasteiger partial charge on any atom is -0.506 e. The summed E-state index contributed by atoms with van der Waals surface area (Å²) in [6.45, 7) is 4.52. The molecule has 0 unspecified atom stereocenters. The van der Waals surface area contributed by atoms with Crippen LogP contribution in [0.25, 0.3) is 10.9 Å². The van der Waals surface area contributed by atoms with Gasteiger partial charge in [0.15, 0.2) is 5.82 Å². The van der Waals surface area contributed by atoms with Crippen molar-refractivity contribution in [1.82, 2.24) is 14.5 Å². The number of nitrogens with zero attached hydrogens (tertiary/aromatic N) is 4. The van der Waals surface area contributed by atoms with Gasteiger partial charge in [0.05, 0.1) is 22.4 Å². The van der Waals surface area contributed by atoms with E-state index in [1.807, 2.05) is 0 Å². The Bertz CT molecular complexity index is 1670. The van der Waals surface area contributed by atoms with Gasteiger partial charge in [0.25, 0.3) is 11.5 Å². The van der Waals surface area contributed by atoms with Crippen molar-refractivity contribution in [2.24, 2.45) is 18.2 Å². The van der Waals surface area contributed by atoms with Gasteiger partial charge in [-0.2, -0.15) is 0 Å². The summed E-state index contributed by atoms with van der Waals surface area (Å²) >= 11 is 7.87. The van der Waals surface area contributed by atoms with Crippen molar-refractivity contribution < 1.29 is 9.90 Å². The molecule has 0 bridgehead atoms. The summed E-state index contributed by atoms with van der Waals surface area (Å²) in [4.78, 5) is 37.9. The molecule has 1 aliphatic rings. The molecular formula is C28H30ClN7O3S. The molecule has 0 atom stereocenters. The zero-order chi connectivity index (χ0) is 28.6. The van der Waals surface area contributed by atoms with Crippen LogP contribution in [0.2, 0.25) is 5.02 Å². The second kappa shape index (κ2) is 11.0. The maximum atomic E-state index is 13.2. The van der Waals surface area contributed by atoms with Crippen LogP contribution in [0, 0.1) is 5.41 Å². The number of aryl methyl sites for hydroxylation is 1. The van der Waals surface area contributed by atoms with E-state index in [1.165, 1.54) is 16.3 Å². The molecule has 1 aliphatic heterocycles. The van der Waals surface area contributed by atoms with Crippen molar-refractivity contribution in [3.05, 3.63) is 69.6 Å². The summed E-state index contributed by atoms with van der Waals surface area (Å²) in [6, 6.07) is 11.9. The Balaban J connectivity index is 1.36. The van der Waals surface area contributed by atoms with E-state index >= 15 is 0 Å². The number of hydrogen-bond donors (Lipinski definition) is 4. The second-order valence-electron chi connectivity index (χ2n) is 10.2. The molecule has 10 nitrogen and oxygen atoms in total. The Morgan fingerprint density at radius 1 is 1.20 bits per heavy atom. The number of aromatic nitrogens is 3. The van der Waals surface area contributed by atoms with E-state index in [2.05, 4.69) is 27.1 Å². The number of carbonyl (C=O) groups is 1. The molecule has 1 fully saturated rings. The Kier molecular flexibility index (Phi) is 7.63. The van der Waals surface area contributed by atoms with Crippen LogP contribution in [0.1, 0.15) is 30.1 Å². The number of nitrogen functional groups attached to an aromatic ring is 1. The molecule has 0 spiro atoms. The fourth-order valence-corrected chi connectivity index (χ4v) is 5.85. The average Bonchev–Trinajstić information content (AvgIpc) is 2.95. The van der Waals surface area contributed by atoms with Gasteiger partial charge in [-0.3, -0.25) is 9.59 Å². The first kappa shape index (κ1) is 27.8. The Morgan fingerprint density at radius 3 is 2.62 bits per heavy atom. The Hall–Kier alpha value is -3.80. The SMILES string of the molecule is Cn1c(=O)c(C(=O)Nc2cccc(Sc3ncc(N4CCC(C)(CN)CC4)nc3N)c2Cl)c(O)c2ccccc21. The first-order valence-corrected chi connectivity index (χ1v) is 14.0.